The predicted octanol–water partition coefficient (Wildman–Crippen LogP) is 3.81. The van der Waals surface area contributed by atoms with E-state index in [0.717, 1.165) is 12.5 Å². The molecular formula is C19H20N2O6. The van der Waals surface area contributed by atoms with Crippen LogP contribution in [-0.4, -0.2) is 30.0 Å². The molecule has 0 saturated carbocycles. The smallest absolute Gasteiger partial charge is 0.338 e. The molecule has 0 heterocycles. The molecule has 2 rings (SSSR count). The van der Waals surface area contributed by atoms with Crippen molar-refractivity contribution >= 4 is 23.3 Å². The maximum absolute atomic E-state index is 12.4. The lowest BCUT2D eigenvalue weighted by atomic mass is 10.1. The molecule has 0 bridgehead atoms. The molecule has 8 heteroatoms. The number of amides is 1. The standard InChI is InChI=1S/C19H20N2O6/c1-3-11-27-19(23)13-5-8-15(9-6-13)20-18(22)14-7-10-17(26-4-2)16(12-14)21(24)25/h5-10,12H,3-4,11H2,1-2H3,(H,20,22). The van der Waals surface area contributed by atoms with Gasteiger partial charge in [0.2, 0.25) is 0 Å². The SMILES string of the molecule is CCCOC(=O)c1ccc(NC(=O)c2ccc(OCC)c([N+](=O)[O-])c2)cc1. The molecule has 0 radical (unpaired) electrons. The largest absolute Gasteiger partial charge is 0.487 e. The van der Waals surface area contributed by atoms with Crippen LogP contribution in [0.5, 0.6) is 5.75 Å². The van der Waals surface area contributed by atoms with Gasteiger partial charge in [-0.15, -0.1) is 0 Å². The first-order valence-corrected chi connectivity index (χ1v) is 8.46. The number of anilines is 1. The number of rotatable bonds is 8. The summed E-state index contributed by atoms with van der Waals surface area (Å²) in [4.78, 5) is 34.7. The van der Waals surface area contributed by atoms with E-state index >= 15 is 0 Å². The minimum absolute atomic E-state index is 0.106. The van der Waals surface area contributed by atoms with Crippen LogP contribution in [0.2, 0.25) is 0 Å². The molecule has 0 aromatic heterocycles. The third-order valence-corrected chi connectivity index (χ3v) is 3.53. The molecular weight excluding hydrogens is 352 g/mol. The lowest BCUT2D eigenvalue weighted by Gasteiger charge is -2.08. The summed E-state index contributed by atoms with van der Waals surface area (Å²) in [5.74, 6) is -0.840. The first-order chi connectivity index (χ1) is 13.0. The second-order valence-electron chi connectivity index (χ2n) is 5.54. The van der Waals surface area contributed by atoms with Crippen LogP contribution < -0.4 is 10.1 Å². The Bertz CT molecular complexity index is 833. The molecule has 2 aromatic carbocycles. The van der Waals surface area contributed by atoms with Gasteiger partial charge >= 0.3 is 11.7 Å². The molecule has 142 valence electrons. The number of nitro benzene ring substituents is 1. The number of nitro groups is 1. The number of ether oxygens (including phenoxy) is 2. The van der Waals surface area contributed by atoms with Crippen molar-refractivity contribution in [3.63, 3.8) is 0 Å². The minimum atomic E-state index is -0.599. The zero-order valence-electron chi connectivity index (χ0n) is 15.1. The number of esters is 1. The molecule has 0 aliphatic carbocycles. The van der Waals surface area contributed by atoms with Crippen molar-refractivity contribution in [3.8, 4) is 5.75 Å². The topological polar surface area (TPSA) is 108 Å². The number of nitrogens with zero attached hydrogens (tertiary/aromatic N) is 1. The highest BCUT2D eigenvalue weighted by atomic mass is 16.6. The number of carbonyl (C=O) groups excluding carboxylic acids is 2. The van der Waals surface area contributed by atoms with Crippen molar-refractivity contribution in [3.05, 3.63) is 63.7 Å². The predicted molar refractivity (Wildman–Crippen MR) is 99.2 cm³/mol. The van der Waals surface area contributed by atoms with Gasteiger partial charge in [0.25, 0.3) is 5.91 Å². The Labute approximate surface area is 156 Å². The Morgan fingerprint density at radius 3 is 2.33 bits per heavy atom. The lowest BCUT2D eigenvalue weighted by Crippen LogP contribution is -2.13. The van der Waals surface area contributed by atoms with Gasteiger partial charge in [-0.25, -0.2) is 4.79 Å². The quantitative estimate of drug-likeness (QED) is 0.429. The zero-order valence-corrected chi connectivity index (χ0v) is 15.1. The molecule has 8 nitrogen and oxygen atoms in total. The Morgan fingerprint density at radius 2 is 1.74 bits per heavy atom. The van der Waals surface area contributed by atoms with Crippen molar-refractivity contribution in [1.29, 1.82) is 0 Å². The fourth-order valence-electron chi connectivity index (χ4n) is 2.25. The average Bonchev–Trinajstić information content (AvgIpc) is 2.67. The van der Waals surface area contributed by atoms with Crippen molar-refractivity contribution < 1.29 is 24.0 Å². The summed E-state index contributed by atoms with van der Waals surface area (Å²) in [7, 11) is 0. The van der Waals surface area contributed by atoms with Crippen molar-refractivity contribution in [2.45, 2.75) is 20.3 Å². The van der Waals surface area contributed by atoms with E-state index < -0.39 is 16.8 Å². The number of hydrogen-bond acceptors (Lipinski definition) is 6. The van der Waals surface area contributed by atoms with Crippen molar-refractivity contribution in [2.24, 2.45) is 0 Å². The van der Waals surface area contributed by atoms with Crippen molar-refractivity contribution in [1.82, 2.24) is 0 Å². The molecule has 0 aliphatic rings. The van der Waals surface area contributed by atoms with E-state index in [2.05, 4.69) is 5.32 Å². The van der Waals surface area contributed by atoms with E-state index in [-0.39, 0.29) is 23.6 Å². The van der Waals surface area contributed by atoms with Crippen LogP contribution in [0.25, 0.3) is 0 Å². The van der Waals surface area contributed by atoms with Crippen LogP contribution in [0.1, 0.15) is 41.0 Å². The first kappa shape index (κ1) is 19.9. The minimum Gasteiger partial charge on any atom is -0.487 e. The number of nitrogens with one attached hydrogen (secondary N) is 1. The summed E-state index contributed by atoms with van der Waals surface area (Å²) in [5.41, 5.74) is 0.664. The summed E-state index contributed by atoms with van der Waals surface area (Å²) in [6, 6.07) is 10.2. The van der Waals surface area contributed by atoms with Gasteiger partial charge in [-0.3, -0.25) is 14.9 Å². The van der Waals surface area contributed by atoms with Crippen molar-refractivity contribution in [2.75, 3.05) is 18.5 Å². The summed E-state index contributed by atoms with van der Waals surface area (Å²) >= 11 is 0. The van der Waals surface area contributed by atoms with Gasteiger partial charge in [0.05, 0.1) is 23.7 Å². The normalized spacial score (nSPS) is 10.1. The van der Waals surface area contributed by atoms with E-state index in [4.69, 9.17) is 9.47 Å². The lowest BCUT2D eigenvalue weighted by molar-refractivity contribution is -0.385. The summed E-state index contributed by atoms with van der Waals surface area (Å²) in [6.45, 7) is 4.23. The van der Waals surface area contributed by atoms with Gasteiger partial charge in [-0.05, 0) is 49.7 Å². The Balaban J connectivity index is 2.11. The molecule has 2 aromatic rings. The maximum Gasteiger partial charge on any atom is 0.338 e. The number of carbonyl (C=O) groups is 2. The maximum atomic E-state index is 12.4. The molecule has 1 amide bonds. The van der Waals surface area contributed by atoms with E-state index in [1.807, 2.05) is 6.92 Å². The van der Waals surface area contributed by atoms with Gasteiger partial charge in [0.15, 0.2) is 5.75 Å². The van der Waals surface area contributed by atoms with Crippen LogP contribution in [0, 0.1) is 10.1 Å². The summed E-state index contributed by atoms with van der Waals surface area (Å²) in [6.07, 6.45) is 0.730. The van der Waals surface area contributed by atoms with E-state index in [0.29, 0.717) is 17.9 Å². The number of benzene rings is 2. The van der Waals surface area contributed by atoms with E-state index in [1.54, 1.807) is 19.1 Å². The van der Waals surface area contributed by atoms with E-state index in [9.17, 15) is 19.7 Å². The van der Waals surface area contributed by atoms with Gasteiger partial charge in [0, 0.05) is 17.3 Å². The second-order valence-corrected chi connectivity index (χ2v) is 5.54. The molecule has 0 spiro atoms. The van der Waals surface area contributed by atoms with Gasteiger partial charge in [-0.2, -0.15) is 0 Å². The van der Waals surface area contributed by atoms with Crippen LogP contribution >= 0.6 is 0 Å². The van der Waals surface area contributed by atoms with Gasteiger partial charge in [0.1, 0.15) is 0 Å². The average molecular weight is 372 g/mol. The van der Waals surface area contributed by atoms with E-state index in [1.165, 1.54) is 24.3 Å². The molecule has 0 aliphatic heterocycles. The molecule has 0 unspecified atom stereocenters. The van der Waals surface area contributed by atoms with Gasteiger partial charge < -0.3 is 14.8 Å². The third kappa shape index (κ3) is 5.27. The van der Waals surface area contributed by atoms with Gasteiger partial charge in [-0.1, -0.05) is 6.92 Å². The fraction of sp³-hybridized carbons (Fsp3) is 0.263. The first-order valence-electron chi connectivity index (χ1n) is 8.46. The Hall–Kier alpha value is -3.42. The second kappa shape index (κ2) is 9.33. The Kier molecular flexibility index (Phi) is 6.87. The van der Waals surface area contributed by atoms with Crippen LogP contribution in [-0.2, 0) is 4.74 Å². The van der Waals surface area contributed by atoms with Crippen LogP contribution in [0.4, 0.5) is 11.4 Å². The Morgan fingerprint density at radius 1 is 1.07 bits per heavy atom. The highest BCUT2D eigenvalue weighted by molar-refractivity contribution is 6.05. The third-order valence-electron chi connectivity index (χ3n) is 3.53. The molecule has 0 atom stereocenters. The summed E-state index contributed by atoms with van der Waals surface area (Å²) in [5, 5.41) is 13.8. The molecule has 1 N–H and O–H groups in total. The number of hydrogen-bond donors (Lipinski definition) is 1. The highest BCUT2D eigenvalue weighted by Gasteiger charge is 2.19. The van der Waals surface area contributed by atoms with Crippen LogP contribution in [0.15, 0.2) is 42.5 Å². The molecule has 27 heavy (non-hydrogen) atoms. The fourth-order valence-corrected chi connectivity index (χ4v) is 2.25. The zero-order chi connectivity index (χ0) is 19.8. The summed E-state index contributed by atoms with van der Waals surface area (Å²) < 4.78 is 10.2. The molecule has 0 saturated heterocycles. The molecule has 0 fully saturated rings. The monoisotopic (exact) mass is 372 g/mol. The van der Waals surface area contributed by atoms with Crippen LogP contribution in [0.3, 0.4) is 0 Å². The highest BCUT2D eigenvalue weighted by Crippen LogP contribution is 2.28.